The number of amides is 2. The van der Waals surface area contributed by atoms with Crippen molar-refractivity contribution in [1.82, 2.24) is 19.3 Å². The van der Waals surface area contributed by atoms with Gasteiger partial charge < -0.3 is 20.7 Å². The van der Waals surface area contributed by atoms with Crippen molar-refractivity contribution < 1.29 is 14.3 Å². The molecule has 1 fully saturated rings. The van der Waals surface area contributed by atoms with E-state index in [4.69, 9.17) is 15.5 Å². The Bertz CT molecular complexity index is 1460. The van der Waals surface area contributed by atoms with Crippen LogP contribution in [0.2, 0.25) is 0 Å². The molecule has 2 aromatic heterocycles. The standard InChI is InChI=1S/C27H26N6O3/c1-3-22(34)32-14-5-8-21(32)26-31-23(24-25(28)29-13-15-33(24)26)17-6-4-7-18(16-17)27(35)30-19-9-11-20(36-2)12-10-19/h3-4,6-7,9-13,15-16,21H,1,5,8,14H2,2H3,(H2,28,29)(H,30,35)/t21-/m0/s1. The van der Waals surface area contributed by atoms with Crippen molar-refractivity contribution in [3.63, 3.8) is 0 Å². The molecule has 3 heterocycles. The summed E-state index contributed by atoms with van der Waals surface area (Å²) in [4.78, 5) is 36.4. The Morgan fingerprint density at radius 2 is 2.03 bits per heavy atom. The zero-order chi connectivity index (χ0) is 25.2. The molecule has 1 saturated heterocycles. The molecule has 3 N–H and O–H groups in total. The second kappa shape index (κ2) is 9.53. The Morgan fingerprint density at radius 1 is 1.22 bits per heavy atom. The minimum absolute atomic E-state index is 0.130. The van der Waals surface area contributed by atoms with E-state index in [1.54, 1.807) is 66.9 Å². The average Bonchev–Trinajstić information content (AvgIpc) is 3.54. The molecule has 2 amide bonds. The zero-order valence-electron chi connectivity index (χ0n) is 19.8. The van der Waals surface area contributed by atoms with E-state index in [1.165, 1.54) is 6.08 Å². The molecule has 1 atom stereocenters. The first-order valence-electron chi connectivity index (χ1n) is 11.6. The molecule has 36 heavy (non-hydrogen) atoms. The number of nitrogens with zero attached hydrogens (tertiary/aromatic N) is 4. The van der Waals surface area contributed by atoms with E-state index in [-0.39, 0.29) is 17.9 Å². The van der Waals surface area contributed by atoms with Gasteiger partial charge in [0.1, 0.15) is 28.6 Å². The first-order chi connectivity index (χ1) is 17.5. The van der Waals surface area contributed by atoms with Gasteiger partial charge >= 0.3 is 0 Å². The summed E-state index contributed by atoms with van der Waals surface area (Å²) in [6.07, 6.45) is 6.40. The van der Waals surface area contributed by atoms with Crippen LogP contribution >= 0.6 is 0 Å². The maximum Gasteiger partial charge on any atom is 0.255 e. The summed E-state index contributed by atoms with van der Waals surface area (Å²) in [5.74, 6) is 1.35. The van der Waals surface area contributed by atoms with Crippen LogP contribution in [-0.2, 0) is 4.79 Å². The number of hydrogen-bond donors (Lipinski definition) is 2. The smallest absolute Gasteiger partial charge is 0.255 e. The van der Waals surface area contributed by atoms with Crippen LogP contribution in [0.5, 0.6) is 5.75 Å². The number of methoxy groups -OCH3 is 1. The highest BCUT2D eigenvalue weighted by Gasteiger charge is 2.33. The van der Waals surface area contributed by atoms with Gasteiger partial charge in [0.15, 0.2) is 0 Å². The first kappa shape index (κ1) is 23.1. The number of nitrogen functional groups attached to an aromatic ring is 1. The molecule has 5 rings (SSSR count). The monoisotopic (exact) mass is 482 g/mol. The Balaban J connectivity index is 1.53. The van der Waals surface area contributed by atoms with E-state index in [9.17, 15) is 9.59 Å². The largest absolute Gasteiger partial charge is 0.497 e. The van der Waals surface area contributed by atoms with Crippen LogP contribution in [0, 0.1) is 0 Å². The van der Waals surface area contributed by atoms with Gasteiger partial charge in [0.2, 0.25) is 5.91 Å². The lowest BCUT2D eigenvalue weighted by Gasteiger charge is -2.22. The Labute approximate surface area is 208 Å². The van der Waals surface area contributed by atoms with Crippen molar-refractivity contribution in [3.8, 4) is 17.0 Å². The van der Waals surface area contributed by atoms with Crippen molar-refractivity contribution in [2.24, 2.45) is 0 Å². The second-order valence-electron chi connectivity index (χ2n) is 8.51. The fraction of sp³-hybridized carbons (Fsp3) is 0.185. The number of fused-ring (bicyclic) bond motifs is 1. The van der Waals surface area contributed by atoms with Crippen molar-refractivity contribution in [2.45, 2.75) is 18.9 Å². The third-order valence-corrected chi connectivity index (χ3v) is 6.36. The van der Waals surface area contributed by atoms with Crippen LogP contribution < -0.4 is 15.8 Å². The Hall–Kier alpha value is -4.66. The van der Waals surface area contributed by atoms with Gasteiger partial charge in [0, 0.05) is 35.8 Å². The van der Waals surface area contributed by atoms with Crippen molar-refractivity contribution >= 4 is 28.8 Å². The topological polar surface area (TPSA) is 115 Å². The molecule has 9 heteroatoms. The quantitative estimate of drug-likeness (QED) is 0.400. The minimum Gasteiger partial charge on any atom is -0.497 e. The van der Waals surface area contributed by atoms with Gasteiger partial charge in [0.25, 0.3) is 5.91 Å². The number of carbonyl (C=O) groups excluding carboxylic acids is 2. The Morgan fingerprint density at radius 3 is 2.78 bits per heavy atom. The molecule has 2 aromatic carbocycles. The number of benzene rings is 2. The summed E-state index contributed by atoms with van der Waals surface area (Å²) >= 11 is 0. The summed E-state index contributed by atoms with van der Waals surface area (Å²) in [6.45, 7) is 4.28. The highest BCUT2D eigenvalue weighted by molar-refractivity contribution is 6.05. The molecule has 182 valence electrons. The summed E-state index contributed by atoms with van der Waals surface area (Å²) in [7, 11) is 1.59. The van der Waals surface area contributed by atoms with Gasteiger partial charge in [-0.25, -0.2) is 9.97 Å². The van der Waals surface area contributed by atoms with Gasteiger partial charge in [-0.2, -0.15) is 0 Å². The molecule has 0 aliphatic carbocycles. The maximum atomic E-state index is 13.0. The minimum atomic E-state index is -0.254. The zero-order valence-corrected chi connectivity index (χ0v) is 19.8. The molecule has 1 aliphatic heterocycles. The van der Waals surface area contributed by atoms with E-state index in [0.29, 0.717) is 46.4 Å². The van der Waals surface area contributed by atoms with Crippen molar-refractivity contribution in [1.29, 1.82) is 0 Å². The average molecular weight is 483 g/mol. The number of anilines is 2. The summed E-state index contributed by atoms with van der Waals surface area (Å²) in [5, 5.41) is 2.90. The summed E-state index contributed by atoms with van der Waals surface area (Å²) in [5.41, 5.74) is 9.38. The summed E-state index contributed by atoms with van der Waals surface area (Å²) in [6, 6.07) is 14.1. The number of nitrogens with one attached hydrogen (secondary N) is 1. The van der Waals surface area contributed by atoms with Gasteiger partial charge in [0.05, 0.1) is 13.2 Å². The normalized spacial score (nSPS) is 15.1. The van der Waals surface area contributed by atoms with Gasteiger partial charge in [-0.1, -0.05) is 18.7 Å². The molecule has 1 aliphatic rings. The lowest BCUT2D eigenvalue weighted by molar-refractivity contribution is -0.127. The third-order valence-electron chi connectivity index (χ3n) is 6.36. The number of imidazole rings is 1. The lowest BCUT2D eigenvalue weighted by atomic mass is 10.1. The molecule has 0 bridgehead atoms. The number of aromatic nitrogens is 3. The summed E-state index contributed by atoms with van der Waals surface area (Å²) < 4.78 is 7.06. The number of nitrogens with two attached hydrogens (primary N) is 1. The van der Waals surface area contributed by atoms with E-state index in [1.807, 2.05) is 10.5 Å². The number of carbonyl (C=O) groups is 2. The van der Waals surface area contributed by atoms with Crippen LogP contribution in [0.15, 0.2) is 73.6 Å². The molecular weight excluding hydrogens is 456 g/mol. The van der Waals surface area contributed by atoms with Gasteiger partial charge in [-0.05, 0) is 55.3 Å². The van der Waals surface area contributed by atoms with Crippen LogP contribution in [0.1, 0.15) is 35.1 Å². The number of ether oxygens (including phenoxy) is 1. The van der Waals surface area contributed by atoms with Crippen LogP contribution in [0.3, 0.4) is 0 Å². The lowest BCUT2D eigenvalue weighted by Crippen LogP contribution is -2.29. The molecular formula is C27H26N6O3. The molecule has 9 nitrogen and oxygen atoms in total. The SMILES string of the molecule is C=CC(=O)N1CCC[C@H]1c1nc(-c2cccc(C(=O)Nc3ccc(OC)cc3)c2)c2c(N)nccn12. The van der Waals surface area contributed by atoms with Crippen molar-refractivity contribution in [3.05, 3.63) is 85.0 Å². The molecule has 0 unspecified atom stereocenters. The van der Waals surface area contributed by atoms with Crippen LogP contribution in [0.4, 0.5) is 11.5 Å². The van der Waals surface area contributed by atoms with Crippen molar-refractivity contribution in [2.75, 3.05) is 24.7 Å². The third kappa shape index (κ3) is 4.15. The highest BCUT2D eigenvalue weighted by atomic mass is 16.5. The molecule has 0 radical (unpaired) electrons. The predicted octanol–water partition coefficient (Wildman–Crippen LogP) is 4.09. The fourth-order valence-corrected chi connectivity index (χ4v) is 4.62. The number of hydrogen-bond acceptors (Lipinski definition) is 6. The van der Waals surface area contributed by atoms with E-state index in [2.05, 4.69) is 16.9 Å². The maximum absolute atomic E-state index is 13.0. The van der Waals surface area contributed by atoms with E-state index >= 15 is 0 Å². The Kier molecular flexibility index (Phi) is 6.12. The molecule has 0 saturated carbocycles. The van der Waals surface area contributed by atoms with Gasteiger partial charge in [-0.3, -0.25) is 14.0 Å². The highest BCUT2D eigenvalue weighted by Crippen LogP contribution is 2.36. The van der Waals surface area contributed by atoms with Crippen LogP contribution in [-0.4, -0.2) is 44.7 Å². The first-order valence-corrected chi connectivity index (χ1v) is 11.6. The van der Waals surface area contributed by atoms with Gasteiger partial charge in [-0.15, -0.1) is 0 Å². The number of likely N-dealkylation sites (tertiary alicyclic amines) is 1. The molecule has 4 aromatic rings. The molecule has 0 spiro atoms. The predicted molar refractivity (Wildman–Crippen MR) is 138 cm³/mol. The number of rotatable bonds is 6. The van der Waals surface area contributed by atoms with Crippen LogP contribution in [0.25, 0.3) is 16.8 Å². The van der Waals surface area contributed by atoms with E-state index in [0.717, 1.165) is 18.4 Å². The fourth-order valence-electron chi connectivity index (χ4n) is 4.62. The second-order valence-corrected chi connectivity index (χ2v) is 8.51. The van der Waals surface area contributed by atoms with E-state index < -0.39 is 0 Å².